The van der Waals surface area contributed by atoms with E-state index in [2.05, 4.69) is 19.8 Å². The molecule has 52 heavy (non-hydrogen) atoms. The lowest BCUT2D eigenvalue weighted by Crippen LogP contribution is -2.46. The Bertz CT molecular complexity index is 1890. The first-order chi connectivity index (χ1) is 24.9. The topological polar surface area (TPSA) is 187 Å². The van der Waals surface area contributed by atoms with E-state index in [4.69, 9.17) is 4.74 Å². The second kappa shape index (κ2) is 17.2. The van der Waals surface area contributed by atoms with Crippen molar-refractivity contribution >= 4 is 35.7 Å². The smallest absolute Gasteiger partial charge is 0.345 e. The Morgan fingerprint density at radius 3 is 2.23 bits per heavy atom. The summed E-state index contributed by atoms with van der Waals surface area (Å²) in [6.45, 7) is 8.09. The number of carboxylic acids is 1. The van der Waals surface area contributed by atoms with Crippen LogP contribution in [0.25, 0.3) is 17.1 Å². The number of nitrogens with zero attached hydrogens (tertiary/aromatic N) is 5. The highest BCUT2D eigenvalue weighted by molar-refractivity contribution is 7.97. The van der Waals surface area contributed by atoms with Gasteiger partial charge in [-0.25, -0.2) is 9.10 Å². The number of hydrogen-bond acceptors (Lipinski definition) is 11. The maximum absolute atomic E-state index is 13.0. The van der Waals surface area contributed by atoms with Gasteiger partial charge in [-0.15, -0.1) is 10.2 Å². The molecular formula is C37H42N6O8S. The van der Waals surface area contributed by atoms with Crippen LogP contribution in [-0.4, -0.2) is 102 Å². The molecule has 0 aliphatic carbocycles. The van der Waals surface area contributed by atoms with Crippen molar-refractivity contribution in [3.8, 4) is 28.6 Å². The van der Waals surface area contributed by atoms with Gasteiger partial charge in [-0.2, -0.15) is 0 Å². The van der Waals surface area contributed by atoms with Gasteiger partial charge in [0, 0.05) is 62.2 Å². The average molecular weight is 731 g/mol. The van der Waals surface area contributed by atoms with Crippen molar-refractivity contribution in [1.82, 2.24) is 29.3 Å². The Hall–Kier alpha value is -5.41. The normalized spacial score (nSPS) is 13.9. The molecule has 0 spiro atoms. The lowest BCUT2D eigenvalue weighted by Gasteiger charge is -2.34. The average Bonchev–Trinajstić information content (AvgIpc) is 3.56. The monoisotopic (exact) mass is 730 g/mol. The fourth-order valence-corrected chi connectivity index (χ4v) is 6.65. The number of piperazine rings is 1. The number of carbonyl (C=O) groups excluding carboxylic acids is 3. The molecule has 0 saturated carbocycles. The second-order valence-corrected chi connectivity index (χ2v) is 13.7. The molecule has 1 unspecified atom stereocenters. The van der Waals surface area contributed by atoms with Crippen molar-refractivity contribution in [1.29, 1.82) is 0 Å². The van der Waals surface area contributed by atoms with Crippen LogP contribution in [0.5, 0.6) is 11.5 Å². The highest BCUT2D eigenvalue weighted by atomic mass is 32.2. The van der Waals surface area contributed by atoms with Gasteiger partial charge in [-0.3, -0.25) is 19.0 Å². The Kier molecular flexibility index (Phi) is 12.5. The van der Waals surface area contributed by atoms with Crippen LogP contribution in [0.2, 0.25) is 0 Å². The summed E-state index contributed by atoms with van der Waals surface area (Å²) in [5.74, 6) is -2.60. The van der Waals surface area contributed by atoms with Gasteiger partial charge in [0.25, 0.3) is 5.91 Å². The largest absolute Gasteiger partial charge is 0.508 e. The summed E-state index contributed by atoms with van der Waals surface area (Å²) in [5, 5.41) is 41.8. The van der Waals surface area contributed by atoms with Crippen molar-refractivity contribution in [3.05, 3.63) is 83.7 Å². The third-order valence-electron chi connectivity index (χ3n) is 8.49. The maximum atomic E-state index is 13.0. The number of rotatable bonds is 14. The molecule has 1 aliphatic rings. The van der Waals surface area contributed by atoms with Gasteiger partial charge in [0.15, 0.2) is 5.82 Å². The minimum atomic E-state index is -1.33. The van der Waals surface area contributed by atoms with Crippen molar-refractivity contribution in [2.45, 2.75) is 57.0 Å². The van der Waals surface area contributed by atoms with E-state index in [9.17, 15) is 34.5 Å². The number of carbonyl (C=O) groups is 4. The zero-order valence-electron chi connectivity index (χ0n) is 29.2. The SMILES string of the molecule is CCNC(=O)c1nnc(-c2cc(C(C)C)c(O)cc2O)n1-c1ccc(SN2CCN(C(=O)CCC(=O)OC(Cc3ccccc3)C(=O)O)CC2)cc1. The van der Waals surface area contributed by atoms with Crippen LogP contribution in [0.15, 0.2) is 71.6 Å². The minimum Gasteiger partial charge on any atom is -0.508 e. The highest BCUT2D eigenvalue weighted by Crippen LogP contribution is 2.38. The lowest BCUT2D eigenvalue weighted by molar-refractivity contribution is -0.164. The maximum Gasteiger partial charge on any atom is 0.345 e. The van der Waals surface area contributed by atoms with Crippen molar-refractivity contribution in [2.24, 2.45) is 0 Å². The van der Waals surface area contributed by atoms with E-state index in [1.54, 1.807) is 46.7 Å². The molecule has 5 rings (SSSR count). The summed E-state index contributed by atoms with van der Waals surface area (Å²) in [5.41, 5.74) is 2.25. The number of benzene rings is 3. The number of aliphatic carboxylic acids is 1. The zero-order chi connectivity index (χ0) is 37.4. The van der Waals surface area contributed by atoms with E-state index >= 15 is 0 Å². The molecule has 15 heteroatoms. The molecule has 1 aromatic heterocycles. The third kappa shape index (κ3) is 9.27. The zero-order valence-corrected chi connectivity index (χ0v) is 30.0. The Balaban J connectivity index is 1.19. The Morgan fingerprint density at radius 2 is 1.60 bits per heavy atom. The van der Waals surface area contributed by atoms with Gasteiger partial charge in [0.2, 0.25) is 17.8 Å². The second-order valence-electron chi connectivity index (χ2n) is 12.5. The molecule has 274 valence electrons. The molecule has 4 N–H and O–H groups in total. The summed E-state index contributed by atoms with van der Waals surface area (Å²) in [7, 11) is 0. The van der Waals surface area contributed by atoms with E-state index in [0.717, 1.165) is 10.5 Å². The highest BCUT2D eigenvalue weighted by Gasteiger charge is 2.27. The van der Waals surface area contributed by atoms with Crippen LogP contribution < -0.4 is 5.32 Å². The van der Waals surface area contributed by atoms with Crippen LogP contribution in [0.3, 0.4) is 0 Å². The van der Waals surface area contributed by atoms with Gasteiger partial charge >= 0.3 is 11.9 Å². The molecule has 1 saturated heterocycles. The van der Waals surface area contributed by atoms with Crippen LogP contribution in [0.1, 0.15) is 61.3 Å². The molecule has 1 aliphatic heterocycles. The number of phenolic OH excluding ortho intramolecular Hbond substituents is 2. The molecule has 14 nitrogen and oxygen atoms in total. The van der Waals surface area contributed by atoms with E-state index in [-0.39, 0.29) is 54.2 Å². The molecule has 1 fully saturated rings. The number of aromatic nitrogens is 3. The molecular weight excluding hydrogens is 689 g/mol. The van der Waals surface area contributed by atoms with Crippen molar-refractivity contribution < 1.29 is 39.2 Å². The van der Waals surface area contributed by atoms with Gasteiger partial charge in [-0.1, -0.05) is 44.2 Å². The first-order valence-corrected chi connectivity index (χ1v) is 17.8. The van der Waals surface area contributed by atoms with Crippen LogP contribution in [0, 0.1) is 0 Å². The number of hydrogen-bond donors (Lipinski definition) is 4. The summed E-state index contributed by atoms with van der Waals surface area (Å²) < 4.78 is 8.88. The number of carboxylic acid groups (broad SMARTS) is 1. The number of ether oxygens (including phenoxy) is 1. The molecule has 0 bridgehead atoms. The standard InChI is InChI=1S/C37H42N6O8S/c1-4-38-36(48)35-40-39-34(28-21-27(23(2)3)29(44)22-30(28)45)43(35)25-10-12-26(13-11-25)52-42-18-16-41(17-19-42)32(46)14-15-33(47)51-31(37(49)50)20-24-8-6-5-7-9-24/h5-13,21-23,31,44-45H,4,14-20H2,1-3H3,(H,38,48)(H,49,50). The fourth-order valence-electron chi connectivity index (χ4n) is 5.75. The van der Waals surface area contributed by atoms with E-state index in [1.807, 2.05) is 44.2 Å². The van der Waals surface area contributed by atoms with E-state index < -0.39 is 23.9 Å². The summed E-state index contributed by atoms with van der Waals surface area (Å²) in [6.07, 6.45) is -1.57. The summed E-state index contributed by atoms with van der Waals surface area (Å²) in [4.78, 5) is 52.5. The summed E-state index contributed by atoms with van der Waals surface area (Å²) >= 11 is 1.52. The van der Waals surface area contributed by atoms with E-state index in [1.165, 1.54) is 18.0 Å². The van der Waals surface area contributed by atoms with Crippen LogP contribution >= 0.6 is 11.9 Å². The summed E-state index contributed by atoms with van der Waals surface area (Å²) in [6, 6.07) is 19.2. The van der Waals surface area contributed by atoms with Crippen LogP contribution in [0.4, 0.5) is 0 Å². The van der Waals surface area contributed by atoms with Gasteiger partial charge in [0.05, 0.1) is 12.0 Å². The number of phenols is 2. The minimum absolute atomic E-state index is 0.0385. The number of nitrogens with one attached hydrogen (secondary N) is 1. The van der Waals surface area contributed by atoms with E-state index in [0.29, 0.717) is 49.5 Å². The Labute approximate surface area is 305 Å². The quantitative estimate of drug-likeness (QED) is 0.106. The molecule has 1 atom stereocenters. The Morgan fingerprint density at radius 1 is 0.904 bits per heavy atom. The molecule has 3 aromatic carbocycles. The van der Waals surface area contributed by atoms with Crippen LogP contribution in [-0.2, 0) is 25.5 Å². The molecule has 0 radical (unpaired) electrons. The first-order valence-electron chi connectivity index (χ1n) is 17.0. The first kappa shape index (κ1) is 37.8. The van der Waals surface area contributed by atoms with Gasteiger partial charge < -0.3 is 30.3 Å². The third-order valence-corrected chi connectivity index (χ3v) is 9.59. The predicted octanol–water partition coefficient (Wildman–Crippen LogP) is 4.39. The molecule has 4 aromatic rings. The van der Waals surface area contributed by atoms with Crippen molar-refractivity contribution in [3.63, 3.8) is 0 Å². The van der Waals surface area contributed by atoms with Gasteiger partial charge in [0.1, 0.15) is 11.5 Å². The number of amides is 2. The lowest BCUT2D eigenvalue weighted by atomic mass is 9.98. The molecule has 2 heterocycles. The fraction of sp³-hybridized carbons (Fsp3) is 0.351. The van der Waals surface area contributed by atoms with Crippen molar-refractivity contribution in [2.75, 3.05) is 32.7 Å². The number of aromatic hydroxyl groups is 2. The van der Waals surface area contributed by atoms with Gasteiger partial charge in [-0.05, 0) is 66.2 Å². The number of esters is 1. The molecule has 2 amide bonds. The predicted molar refractivity (Wildman–Crippen MR) is 193 cm³/mol.